The maximum absolute atomic E-state index is 4.58. The molecule has 0 radical (unpaired) electrons. The Balaban J connectivity index is 1.62. The van der Waals surface area contributed by atoms with Crippen LogP contribution in [0.1, 0.15) is 11.3 Å². The van der Waals surface area contributed by atoms with Crippen LogP contribution in [0.4, 0.5) is 0 Å². The zero-order valence-corrected chi connectivity index (χ0v) is 11.8. The first kappa shape index (κ1) is 12.4. The van der Waals surface area contributed by atoms with Crippen molar-refractivity contribution in [3.8, 4) is 0 Å². The minimum Gasteiger partial charge on any atom is -0.311 e. The largest absolute Gasteiger partial charge is 0.311 e. The molecule has 0 saturated heterocycles. The lowest BCUT2D eigenvalue weighted by Gasteiger charge is -2.01. The molecule has 0 unspecified atom stereocenters. The summed E-state index contributed by atoms with van der Waals surface area (Å²) in [5.41, 5.74) is 3.73. The Morgan fingerprint density at radius 3 is 3.00 bits per heavy atom. The predicted octanol–water partition coefficient (Wildman–Crippen LogP) is 2.97. The molecule has 0 saturated carbocycles. The van der Waals surface area contributed by atoms with Gasteiger partial charge in [0, 0.05) is 19.0 Å². The molecule has 3 rings (SSSR count). The first-order valence-electron chi connectivity index (χ1n) is 6.47. The fourth-order valence-electron chi connectivity index (χ4n) is 2.29. The van der Waals surface area contributed by atoms with E-state index in [1.54, 1.807) is 11.3 Å². The fraction of sp³-hybridized carbons (Fsp3) is 0.267. The van der Waals surface area contributed by atoms with E-state index in [-0.39, 0.29) is 0 Å². The smallest absolute Gasteiger partial charge is 0.0841 e. The van der Waals surface area contributed by atoms with Crippen molar-refractivity contribution in [2.75, 3.05) is 6.54 Å². The van der Waals surface area contributed by atoms with E-state index in [4.69, 9.17) is 0 Å². The molecule has 19 heavy (non-hydrogen) atoms. The van der Waals surface area contributed by atoms with E-state index < -0.39 is 0 Å². The molecular formula is C15H17N3S. The lowest BCUT2D eigenvalue weighted by molar-refractivity contribution is 0.659. The van der Waals surface area contributed by atoms with E-state index in [0.29, 0.717) is 0 Å². The van der Waals surface area contributed by atoms with Gasteiger partial charge in [-0.25, -0.2) is 0 Å². The average molecular weight is 271 g/mol. The van der Waals surface area contributed by atoms with Gasteiger partial charge in [-0.05, 0) is 41.4 Å². The second kappa shape index (κ2) is 5.55. The number of para-hydroxylation sites is 1. The molecule has 1 aromatic carbocycles. The summed E-state index contributed by atoms with van der Waals surface area (Å²) < 4.78 is 1.95. The highest BCUT2D eigenvalue weighted by Crippen LogP contribution is 2.17. The van der Waals surface area contributed by atoms with Crippen molar-refractivity contribution in [2.24, 2.45) is 7.05 Å². The van der Waals surface area contributed by atoms with Crippen molar-refractivity contribution >= 4 is 22.2 Å². The lowest BCUT2D eigenvalue weighted by Crippen LogP contribution is -2.17. The maximum Gasteiger partial charge on any atom is 0.0841 e. The molecule has 1 N–H and O–H groups in total. The Bertz CT molecular complexity index is 655. The van der Waals surface area contributed by atoms with Gasteiger partial charge in [0.1, 0.15) is 0 Å². The summed E-state index contributed by atoms with van der Waals surface area (Å²) in [6, 6.07) is 10.6. The van der Waals surface area contributed by atoms with Crippen molar-refractivity contribution in [3.05, 3.63) is 52.3 Å². The van der Waals surface area contributed by atoms with Gasteiger partial charge in [0.05, 0.1) is 11.2 Å². The van der Waals surface area contributed by atoms with Crippen molar-refractivity contribution < 1.29 is 0 Å². The van der Waals surface area contributed by atoms with Crippen molar-refractivity contribution in [3.63, 3.8) is 0 Å². The van der Waals surface area contributed by atoms with E-state index in [1.165, 1.54) is 16.5 Å². The van der Waals surface area contributed by atoms with Gasteiger partial charge in [-0.3, -0.25) is 4.68 Å². The normalized spacial score (nSPS) is 11.2. The Labute approximate surface area is 116 Å². The number of aryl methyl sites for hydroxylation is 1. The first-order chi connectivity index (χ1) is 9.34. The third-order valence-corrected chi connectivity index (χ3v) is 4.03. The quantitative estimate of drug-likeness (QED) is 0.723. The van der Waals surface area contributed by atoms with Crippen molar-refractivity contribution in [1.82, 2.24) is 15.1 Å². The number of aromatic nitrogens is 2. The van der Waals surface area contributed by atoms with Gasteiger partial charge in [0.25, 0.3) is 0 Å². The van der Waals surface area contributed by atoms with Gasteiger partial charge in [-0.1, -0.05) is 18.2 Å². The molecule has 3 aromatic rings. The summed E-state index contributed by atoms with van der Waals surface area (Å²) in [4.78, 5) is 0. The van der Waals surface area contributed by atoms with Gasteiger partial charge >= 0.3 is 0 Å². The number of nitrogens with zero attached hydrogens (tertiary/aromatic N) is 2. The Morgan fingerprint density at radius 2 is 2.16 bits per heavy atom. The number of rotatable bonds is 5. The molecule has 3 nitrogen and oxygen atoms in total. The number of fused-ring (bicyclic) bond motifs is 1. The summed E-state index contributed by atoms with van der Waals surface area (Å²) in [5, 5.41) is 13.6. The molecular weight excluding hydrogens is 254 g/mol. The predicted molar refractivity (Wildman–Crippen MR) is 80.4 cm³/mol. The van der Waals surface area contributed by atoms with E-state index in [1.807, 2.05) is 11.7 Å². The number of hydrogen-bond acceptors (Lipinski definition) is 3. The highest BCUT2D eigenvalue weighted by atomic mass is 32.1. The van der Waals surface area contributed by atoms with E-state index in [2.05, 4.69) is 51.5 Å². The molecule has 4 heteroatoms. The molecule has 0 bridgehead atoms. The zero-order valence-electron chi connectivity index (χ0n) is 11.0. The molecule has 0 atom stereocenters. The average Bonchev–Trinajstić information content (AvgIpc) is 3.04. The van der Waals surface area contributed by atoms with Crippen LogP contribution < -0.4 is 5.32 Å². The van der Waals surface area contributed by atoms with Crippen LogP contribution in [0, 0.1) is 0 Å². The SMILES string of the molecule is Cn1nc(CNCCc2ccsc2)c2ccccc21. The monoisotopic (exact) mass is 271 g/mol. The number of thiophene rings is 1. The van der Waals surface area contributed by atoms with Crippen LogP contribution >= 0.6 is 11.3 Å². The third kappa shape index (κ3) is 2.69. The molecule has 0 aliphatic rings. The molecule has 0 fully saturated rings. The minimum absolute atomic E-state index is 0.825. The summed E-state index contributed by atoms with van der Waals surface area (Å²) in [6.45, 7) is 1.81. The number of hydrogen-bond donors (Lipinski definition) is 1. The summed E-state index contributed by atoms with van der Waals surface area (Å²) >= 11 is 1.76. The topological polar surface area (TPSA) is 29.9 Å². The van der Waals surface area contributed by atoms with Crippen LogP contribution in [-0.4, -0.2) is 16.3 Å². The zero-order chi connectivity index (χ0) is 13.1. The standard InChI is InChI=1S/C15H17N3S/c1-18-15-5-3-2-4-13(15)14(17-18)10-16-8-6-12-7-9-19-11-12/h2-5,7,9,11,16H,6,8,10H2,1H3. The Morgan fingerprint density at radius 1 is 1.26 bits per heavy atom. The maximum atomic E-state index is 4.58. The molecule has 2 heterocycles. The van der Waals surface area contributed by atoms with Gasteiger partial charge in [-0.15, -0.1) is 0 Å². The van der Waals surface area contributed by atoms with Gasteiger partial charge < -0.3 is 5.32 Å². The van der Waals surface area contributed by atoms with Crippen LogP contribution in [0.5, 0.6) is 0 Å². The van der Waals surface area contributed by atoms with Crippen LogP contribution in [0.2, 0.25) is 0 Å². The lowest BCUT2D eigenvalue weighted by atomic mass is 10.2. The highest BCUT2D eigenvalue weighted by molar-refractivity contribution is 7.07. The Hall–Kier alpha value is -1.65. The van der Waals surface area contributed by atoms with E-state index in [9.17, 15) is 0 Å². The third-order valence-electron chi connectivity index (χ3n) is 3.30. The fourth-order valence-corrected chi connectivity index (χ4v) is 3.00. The molecule has 0 spiro atoms. The van der Waals surface area contributed by atoms with E-state index >= 15 is 0 Å². The summed E-state index contributed by atoms with van der Waals surface area (Å²) in [7, 11) is 2.00. The van der Waals surface area contributed by atoms with Gasteiger partial charge in [-0.2, -0.15) is 16.4 Å². The number of benzene rings is 1. The summed E-state index contributed by atoms with van der Waals surface area (Å²) in [5.74, 6) is 0. The first-order valence-corrected chi connectivity index (χ1v) is 7.41. The molecule has 2 aromatic heterocycles. The second-order valence-corrected chi connectivity index (χ2v) is 5.43. The van der Waals surface area contributed by atoms with Crippen LogP contribution in [-0.2, 0) is 20.0 Å². The van der Waals surface area contributed by atoms with Crippen molar-refractivity contribution in [1.29, 1.82) is 0 Å². The van der Waals surface area contributed by atoms with Crippen LogP contribution in [0.15, 0.2) is 41.1 Å². The van der Waals surface area contributed by atoms with Crippen LogP contribution in [0.3, 0.4) is 0 Å². The second-order valence-electron chi connectivity index (χ2n) is 4.65. The Kier molecular flexibility index (Phi) is 3.62. The molecule has 0 amide bonds. The van der Waals surface area contributed by atoms with Gasteiger partial charge in [0.15, 0.2) is 0 Å². The van der Waals surface area contributed by atoms with E-state index in [0.717, 1.165) is 25.2 Å². The molecule has 0 aliphatic heterocycles. The minimum atomic E-state index is 0.825. The highest BCUT2D eigenvalue weighted by Gasteiger charge is 2.06. The number of nitrogens with one attached hydrogen (secondary N) is 1. The van der Waals surface area contributed by atoms with Crippen LogP contribution in [0.25, 0.3) is 10.9 Å². The van der Waals surface area contributed by atoms with Crippen molar-refractivity contribution in [2.45, 2.75) is 13.0 Å². The molecule has 0 aliphatic carbocycles. The molecule has 98 valence electrons. The summed E-state index contributed by atoms with van der Waals surface area (Å²) in [6.07, 6.45) is 1.08. The van der Waals surface area contributed by atoms with Gasteiger partial charge in [0.2, 0.25) is 0 Å².